The van der Waals surface area contributed by atoms with Crippen LogP contribution in [0.2, 0.25) is 0 Å². The number of ether oxygens (including phenoxy) is 3. The Labute approximate surface area is 156 Å². The van der Waals surface area contributed by atoms with E-state index in [2.05, 4.69) is 4.98 Å². The van der Waals surface area contributed by atoms with E-state index in [1.807, 2.05) is 13.0 Å². The minimum absolute atomic E-state index is 0.106. The lowest BCUT2D eigenvalue weighted by molar-refractivity contribution is -0.153. The van der Waals surface area contributed by atoms with Crippen LogP contribution in [-0.2, 0) is 4.74 Å². The first-order valence-electron chi connectivity index (χ1n) is 8.91. The number of pyridine rings is 1. The van der Waals surface area contributed by atoms with Gasteiger partial charge < -0.3 is 14.2 Å². The highest BCUT2D eigenvalue weighted by Gasteiger charge is 2.28. The zero-order valence-corrected chi connectivity index (χ0v) is 15.1. The molecule has 3 rings (SSSR count). The summed E-state index contributed by atoms with van der Waals surface area (Å²) in [6.45, 7) is 1.77. The quantitative estimate of drug-likeness (QED) is 0.710. The van der Waals surface area contributed by atoms with Crippen LogP contribution in [0.4, 0.5) is 13.2 Å². The number of nitrogens with zero attached hydrogens (tertiary/aromatic N) is 1. The van der Waals surface area contributed by atoms with Crippen molar-refractivity contribution in [3.63, 3.8) is 0 Å². The van der Waals surface area contributed by atoms with Gasteiger partial charge in [0.15, 0.2) is 6.61 Å². The second-order valence-corrected chi connectivity index (χ2v) is 6.59. The van der Waals surface area contributed by atoms with E-state index >= 15 is 0 Å². The molecule has 1 aromatic heterocycles. The molecule has 7 heteroatoms. The van der Waals surface area contributed by atoms with Crippen LogP contribution in [-0.4, -0.2) is 37.1 Å². The lowest BCUT2D eigenvalue weighted by Crippen LogP contribution is -2.25. The third-order valence-corrected chi connectivity index (χ3v) is 4.33. The zero-order chi connectivity index (χ0) is 19.3. The highest BCUT2D eigenvalue weighted by atomic mass is 19.4. The summed E-state index contributed by atoms with van der Waals surface area (Å²) in [7, 11) is 0. The van der Waals surface area contributed by atoms with Gasteiger partial charge in [-0.25, -0.2) is 0 Å². The molecule has 0 saturated carbocycles. The van der Waals surface area contributed by atoms with Crippen molar-refractivity contribution in [1.82, 2.24) is 4.98 Å². The molecule has 0 bridgehead atoms. The Morgan fingerprint density at radius 2 is 1.96 bits per heavy atom. The average molecular weight is 381 g/mol. The fourth-order valence-electron chi connectivity index (χ4n) is 2.99. The predicted octanol–water partition coefficient (Wildman–Crippen LogP) is 4.95. The van der Waals surface area contributed by atoms with Gasteiger partial charge in [0.25, 0.3) is 0 Å². The number of halogens is 3. The Balaban J connectivity index is 1.66. The molecule has 1 atom stereocenters. The molecule has 27 heavy (non-hydrogen) atoms. The van der Waals surface area contributed by atoms with Gasteiger partial charge in [0.2, 0.25) is 0 Å². The number of rotatable bonds is 6. The van der Waals surface area contributed by atoms with Crippen molar-refractivity contribution in [2.45, 2.75) is 38.5 Å². The number of aryl methyl sites for hydroxylation is 1. The first kappa shape index (κ1) is 19.5. The third-order valence-electron chi connectivity index (χ3n) is 4.33. The molecule has 4 nitrogen and oxygen atoms in total. The van der Waals surface area contributed by atoms with Crippen molar-refractivity contribution in [1.29, 1.82) is 0 Å². The van der Waals surface area contributed by atoms with Crippen LogP contribution in [0.15, 0.2) is 36.7 Å². The normalized spacial score (nSPS) is 17.6. The molecule has 0 spiro atoms. The maximum atomic E-state index is 12.3. The molecule has 146 valence electrons. The molecular weight excluding hydrogens is 359 g/mol. The lowest BCUT2D eigenvalue weighted by Gasteiger charge is -2.22. The van der Waals surface area contributed by atoms with E-state index in [9.17, 15) is 13.2 Å². The standard InChI is InChI=1S/C20H22F3NO3/c1-14-8-16(27-13-20(21,22)23)5-6-19(14)15-9-18(11-24-10-15)26-12-17-4-2-3-7-25-17/h5-6,8-11,17H,2-4,7,12-13H2,1H3/t17-/m1/s1. The molecule has 2 aromatic rings. The first-order valence-corrected chi connectivity index (χ1v) is 8.91. The molecule has 0 aliphatic carbocycles. The largest absolute Gasteiger partial charge is 0.489 e. The Morgan fingerprint density at radius 3 is 2.67 bits per heavy atom. The molecule has 0 N–H and O–H groups in total. The van der Waals surface area contributed by atoms with Crippen LogP contribution in [0, 0.1) is 6.92 Å². The smallest absolute Gasteiger partial charge is 0.422 e. The molecule has 1 saturated heterocycles. The van der Waals surface area contributed by atoms with Gasteiger partial charge in [-0.3, -0.25) is 4.98 Å². The Kier molecular flexibility index (Phi) is 6.21. The number of hydrogen-bond acceptors (Lipinski definition) is 4. The molecule has 0 amide bonds. The van der Waals surface area contributed by atoms with Crippen LogP contribution in [0.25, 0.3) is 11.1 Å². The maximum absolute atomic E-state index is 12.3. The highest BCUT2D eigenvalue weighted by molar-refractivity contribution is 5.68. The molecule has 0 unspecified atom stereocenters. The SMILES string of the molecule is Cc1cc(OCC(F)(F)F)ccc1-c1cncc(OC[C@H]2CCCCO2)c1. The monoisotopic (exact) mass is 381 g/mol. The summed E-state index contributed by atoms with van der Waals surface area (Å²) in [5, 5.41) is 0. The van der Waals surface area contributed by atoms with Gasteiger partial charge in [0.05, 0.1) is 12.3 Å². The molecular formula is C20H22F3NO3. The maximum Gasteiger partial charge on any atom is 0.422 e. The summed E-state index contributed by atoms with van der Waals surface area (Å²) in [5.74, 6) is 0.821. The molecule has 1 aliphatic heterocycles. The van der Waals surface area contributed by atoms with Gasteiger partial charge in [-0.1, -0.05) is 6.07 Å². The van der Waals surface area contributed by atoms with Crippen molar-refractivity contribution in [2.75, 3.05) is 19.8 Å². The molecule has 0 radical (unpaired) electrons. The molecule has 1 aliphatic rings. The van der Waals surface area contributed by atoms with E-state index in [4.69, 9.17) is 14.2 Å². The fraction of sp³-hybridized carbons (Fsp3) is 0.450. The number of hydrogen-bond donors (Lipinski definition) is 0. The lowest BCUT2D eigenvalue weighted by atomic mass is 10.0. The van der Waals surface area contributed by atoms with E-state index in [0.717, 1.165) is 42.6 Å². The van der Waals surface area contributed by atoms with E-state index in [0.29, 0.717) is 12.4 Å². The van der Waals surface area contributed by atoms with Crippen molar-refractivity contribution in [3.8, 4) is 22.6 Å². The van der Waals surface area contributed by atoms with Crippen LogP contribution in [0.5, 0.6) is 11.5 Å². The second kappa shape index (κ2) is 8.61. The van der Waals surface area contributed by atoms with Gasteiger partial charge in [-0.05, 0) is 55.5 Å². The van der Waals surface area contributed by atoms with E-state index in [1.165, 1.54) is 6.07 Å². The van der Waals surface area contributed by atoms with E-state index < -0.39 is 12.8 Å². The predicted molar refractivity (Wildman–Crippen MR) is 95.0 cm³/mol. The second-order valence-electron chi connectivity index (χ2n) is 6.59. The fourth-order valence-corrected chi connectivity index (χ4v) is 2.99. The summed E-state index contributed by atoms with van der Waals surface area (Å²) < 4.78 is 53.1. The number of alkyl halides is 3. The van der Waals surface area contributed by atoms with Gasteiger partial charge in [0.1, 0.15) is 18.1 Å². The summed E-state index contributed by atoms with van der Waals surface area (Å²) >= 11 is 0. The topological polar surface area (TPSA) is 40.6 Å². The third kappa shape index (κ3) is 5.85. The summed E-state index contributed by atoms with van der Waals surface area (Å²) in [4.78, 5) is 4.21. The summed E-state index contributed by atoms with van der Waals surface area (Å²) in [5.41, 5.74) is 2.49. The summed E-state index contributed by atoms with van der Waals surface area (Å²) in [6, 6.07) is 6.71. The summed E-state index contributed by atoms with van der Waals surface area (Å²) in [6.07, 6.45) is 2.32. The highest BCUT2D eigenvalue weighted by Crippen LogP contribution is 2.29. The zero-order valence-electron chi connectivity index (χ0n) is 15.1. The van der Waals surface area contributed by atoms with Gasteiger partial charge >= 0.3 is 6.18 Å². The Bertz CT molecular complexity index is 758. The van der Waals surface area contributed by atoms with Crippen molar-refractivity contribution < 1.29 is 27.4 Å². The first-order chi connectivity index (χ1) is 12.9. The minimum Gasteiger partial charge on any atom is -0.489 e. The van der Waals surface area contributed by atoms with Crippen LogP contribution < -0.4 is 9.47 Å². The van der Waals surface area contributed by atoms with E-state index in [1.54, 1.807) is 24.5 Å². The van der Waals surface area contributed by atoms with Gasteiger partial charge in [-0.15, -0.1) is 0 Å². The van der Waals surface area contributed by atoms with E-state index in [-0.39, 0.29) is 11.9 Å². The number of aromatic nitrogens is 1. The van der Waals surface area contributed by atoms with Crippen molar-refractivity contribution >= 4 is 0 Å². The molecule has 1 fully saturated rings. The minimum atomic E-state index is -4.36. The van der Waals surface area contributed by atoms with Gasteiger partial charge in [-0.2, -0.15) is 13.2 Å². The van der Waals surface area contributed by atoms with Crippen molar-refractivity contribution in [3.05, 3.63) is 42.2 Å². The van der Waals surface area contributed by atoms with Gasteiger partial charge in [0, 0.05) is 18.4 Å². The van der Waals surface area contributed by atoms with Crippen molar-refractivity contribution in [2.24, 2.45) is 0 Å². The van der Waals surface area contributed by atoms with Crippen LogP contribution in [0.3, 0.4) is 0 Å². The van der Waals surface area contributed by atoms with Crippen LogP contribution in [0.1, 0.15) is 24.8 Å². The molecule has 2 heterocycles. The Hall–Kier alpha value is -2.28. The van der Waals surface area contributed by atoms with Crippen LogP contribution >= 0.6 is 0 Å². The average Bonchev–Trinajstić information content (AvgIpc) is 2.65. The number of benzene rings is 1. The molecule has 1 aromatic carbocycles. The Morgan fingerprint density at radius 1 is 1.11 bits per heavy atom.